The molecule has 0 N–H and O–H groups in total. The molecule has 0 fully saturated rings. The smallest absolute Gasteiger partial charge is 0.338 e. The number of hydrogen-bond donors (Lipinski definition) is 0. The Kier molecular flexibility index (Phi) is 3.19. The zero-order valence-corrected chi connectivity index (χ0v) is 10.7. The van der Waals surface area contributed by atoms with Gasteiger partial charge in [-0.15, -0.1) is 0 Å². The number of carbonyl (C=O) groups excluding carboxylic acids is 1. The first-order chi connectivity index (χ1) is 8.60. The van der Waals surface area contributed by atoms with Crippen molar-refractivity contribution in [2.24, 2.45) is 7.05 Å². The molecule has 0 unspecified atom stereocenters. The molecule has 1 heterocycles. The van der Waals surface area contributed by atoms with Crippen molar-refractivity contribution >= 4 is 16.7 Å². The van der Waals surface area contributed by atoms with Crippen molar-refractivity contribution in [3.05, 3.63) is 45.9 Å². The monoisotopic (exact) mass is 245 g/mol. The lowest BCUT2D eigenvalue weighted by Crippen LogP contribution is -2.20. The number of carbonyl (C=O) groups is 1. The Balaban J connectivity index is 2.95. The van der Waals surface area contributed by atoms with Gasteiger partial charge in [-0.1, -0.05) is 19.1 Å². The van der Waals surface area contributed by atoms with Gasteiger partial charge in [0.1, 0.15) is 0 Å². The molecule has 1 aromatic heterocycles. The van der Waals surface area contributed by atoms with E-state index in [-0.39, 0.29) is 5.56 Å². The zero-order chi connectivity index (χ0) is 13.3. The molecule has 0 spiro atoms. The molecule has 0 aliphatic carbocycles. The van der Waals surface area contributed by atoms with Crippen LogP contribution in [0, 0.1) is 0 Å². The number of nitrogens with zero attached hydrogens (tertiary/aromatic N) is 1. The summed E-state index contributed by atoms with van der Waals surface area (Å²) < 4.78 is 6.23. The average Bonchev–Trinajstić information content (AvgIpc) is 2.41. The van der Waals surface area contributed by atoms with Crippen LogP contribution in [0.15, 0.2) is 29.2 Å². The molecule has 0 bridgehead atoms. The lowest BCUT2D eigenvalue weighted by molar-refractivity contribution is 0.0603. The number of ether oxygens (including phenoxy) is 1. The Morgan fingerprint density at radius 1 is 1.39 bits per heavy atom. The largest absolute Gasteiger partial charge is 0.465 e. The maximum absolute atomic E-state index is 12.2. The fourth-order valence-corrected chi connectivity index (χ4v) is 2.15. The highest BCUT2D eigenvalue weighted by molar-refractivity contribution is 6.04. The number of aromatic nitrogens is 1. The second kappa shape index (κ2) is 4.64. The van der Waals surface area contributed by atoms with Gasteiger partial charge in [-0.05, 0) is 23.4 Å². The number of benzene rings is 1. The van der Waals surface area contributed by atoms with Crippen LogP contribution in [0.2, 0.25) is 0 Å². The third-order valence-electron chi connectivity index (χ3n) is 3.08. The van der Waals surface area contributed by atoms with Crippen molar-refractivity contribution in [1.82, 2.24) is 4.57 Å². The summed E-state index contributed by atoms with van der Waals surface area (Å²) >= 11 is 0. The van der Waals surface area contributed by atoms with Crippen molar-refractivity contribution < 1.29 is 9.53 Å². The minimum atomic E-state index is -0.481. The predicted octanol–water partition coefficient (Wildman–Crippen LogP) is 1.89. The molecule has 2 rings (SSSR count). The highest BCUT2D eigenvalue weighted by atomic mass is 16.5. The normalized spacial score (nSPS) is 10.6. The molecule has 0 saturated carbocycles. The summed E-state index contributed by atoms with van der Waals surface area (Å²) in [5.74, 6) is -0.481. The standard InChI is InChI=1S/C14H15NO3/c1-4-9-8-15(2)13(16)12-10(9)6-5-7-11(12)14(17)18-3/h5-8H,4H2,1-3H3. The van der Waals surface area contributed by atoms with E-state index in [1.54, 1.807) is 19.2 Å². The number of esters is 1. The average molecular weight is 245 g/mol. The molecule has 4 heteroatoms. The maximum atomic E-state index is 12.2. The van der Waals surface area contributed by atoms with Crippen LogP contribution in [0.1, 0.15) is 22.8 Å². The van der Waals surface area contributed by atoms with Gasteiger partial charge in [0.15, 0.2) is 0 Å². The van der Waals surface area contributed by atoms with Gasteiger partial charge in [0.05, 0.1) is 18.1 Å². The quantitative estimate of drug-likeness (QED) is 0.759. The highest BCUT2D eigenvalue weighted by Gasteiger charge is 2.15. The Hall–Kier alpha value is -2.10. The summed E-state index contributed by atoms with van der Waals surface area (Å²) in [7, 11) is 3.00. The van der Waals surface area contributed by atoms with Crippen molar-refractivity contribution in [1.29, 1.82) is 0 Å². The highest BCUT2D eigenvalue weighted by Crippen LogP contribution is 2.20. The van der Waals surface area contributed by atoms with Crippen LogP contribution in [-0.2, 0) is 18.2 Å². The van der Waals surface area contributed by atoms with Gasteiger partial charge in [0.25, 0.3) is 5.56 Å². The Morgan fingerprint density at radius 2 is 2.11 bits per heavy atom. The van der Waals surface area contributed by atoms with E-state index in [9.17, 15) is 9.59 Å². The second-order valence-corrected chi connectivity index (χ2v) is 4.14. The number of aryl methyl sites for hydroxylation is 2. The van der Waals surface area contributed by atoms with Gasteiger partial charge in [0.2, 0.25) is 0 Å². The van der Waals surface area contributed by atoms with E-state index >= 15 is 0 Å². The molecule has 0 aliphatic rings. The Bertz CT molecular complexity index is 671. The van der Waals surface area contributed by atoms with Crippen LogP contribution in [0.3, 0.4) is 0 Å². The third kappa shape index (κ3) is 1.79. The molecule has 0 amide bonds. The Morgan fingerprint density at radius 3 is 2.72 bits per heavy atom. The van der Waals surface area contributed by atoms with E-state index in [1.165, 1.54) is 11.7 Å². The van der Waals surface area contributed by atoms with Crippen molar-refractivity contribution in [3.8, 4) is 0 Å². The molecule has 0 radical (unpaired) electrons. The van der Waals surface area contributed by atoms with Crippen molar-refractivity contribution in [2.45, 2.75) is 13.3 Å². The van der Waals surface area contributed by atoms with E-state index in [2.05, 4.69) is 0 Å². The SMILES string of the molecule is CCc1cn(C)c(=O)c2c(C(=O)OC)cccc12. The van der Waals surface area contributed by atoms with Crippen molar-refractivity contribution in [2.75, 3.05) is 7.11 Å². The fraction of sp³-hybridized carbons (Fsp3) is 0.286. The van der Waals surface area contributed by atoms with E-state index in [4.69, 9.17) is 4.74 Å². The molecule has 94 valence electrons. The number of pyridine rings is 1. The molecule has 18 heavy (non-hydrogen) atoms. The zero-order valence-electron chi connectivity index (χ0n) is 10.7. The van der Waals surface area contributed by atoms with Gasteiger partial charge in [-0.3, -0.25) is 4.79 Å². The van der Waals surface area contributed by atoms with Crippen LogP contribution >= 0.6 is 0 Å². The first-order valence-electron chi connectivity index (χ1n) is 5.79. The summed E-state index contributed by atoms with van der Waals surface area (Å²) in [5.41, 5.74) is 1.19. The first-order valence-corrected chi connectivity index (χ1v) is 5.79. The van der Waals surface area contributed by atoms with Gasteiger partial charge < -0.3 is 9.30 Å². The number of hydrogen-bond acceptors (Lipinski definition) is 3. The van der Waals surface area contributed by atoms with Gasteiger partial charge >= 0.3 is 5.97 Å². The van der Waals surface area contributed by atoms with E-state index in [0.29, 0.717) is 10.9 Å². The molecule has 0 aliphatic heterocycles. The number of methoxy groups -OCH3 is 1. The fourth-order valence-electron chi connectivity index (χ4n) is 2.15. The molecule has 4 nitrogen and oxygen atoms in total. The van der Waals surface area contributed by atoms with Gasteiger partial charge in [-0.2, -0.15) is 0 Å². The van der Waals surface area contributed by atoms with Crippen LogP contribution < -0.4 is 5.56 Å². The predicted molar refractivity (Wildman–Crippen MR) is 69.9 cm³/mol. The summed E-state index contributed by atoms with van der Waals surface area (Å²) in [6.07, 6.45) is 2.61. The topological polar surface area (TPSA) is 48.3 Å². The summed E-state index contributed by atoms with van der Waals surface area (Å²) in [6, 6.07) is 5.25. The third-order valence-corrected chi connectivity index (χ3v) is 3.08. The molecular formula is C14H15NO3. The van der Waals surface area contributed by atoms with Crippen LogP contribution in [-0.4, -0.2) is 17.6 Å². The van der Waals surface area contributed by atoms with Crippen LogP contribution in [0.4, 0.5) is 0 Å². The van der Waals surface area contributed by atoms with E-state index in [1.807, 2.05) is 19.2 Å². The van der Waals surface area contributed by atoms with E-state index in [0.717, 1.165) is 17.4 Å². The lowest BCUT2D eigenvalue weighted by Gasteiger charge is -2.10. The molecule has 2 aromatic rings. The second-order valence-electron chi connectivity index (χ2n) is 4.14. The first kappa shape index (κ1) is 12.4. The molecule has 0 atom stereocenters. The minimum absolute atomic E-state index is 0.178. The van der Waals surface area contributed by atoms with Crippen LogP contribution in [0.25, 0.3) is 10.8 Å². The van der Waals surface area contributed by atoms with Gasteiger partial charge in [-0.25, -0.2) is 4.79 Å². The van der Waals surface area contributed by atoms with Crippen molar-refractivity contribution in [3.63, 3.8) is 0 Å². The van der Waals surface area contributed by atoms with Crippen LogP contribution in [0.5, 0.6) is 0 Å². The molecule has 1 aromatic carbocycles. The minimum Gasteiger partial charge on any atom is -0.465 e. The van der Waals surface area contributed by atoms with Gasteiger partial charge in [0, 0.05) is 13.2 Å². The maximum Gasteiger partial charge on any atom is 0.338 e. The molecule has 0 saturated heterocycles. The Labute approximate surface area is 105 Å². The number of fused-ring (bicyclic) bond motifs is 1. The lowest BCUT2D eigenvalue weighted by atomic mass is 10.0. The summed E-state index contributed by atoms with van der Waals surface area (Å²) in [4.78, 5) is 23.9. The summed E-state index contributed by atoms with van der Waals surface area (Å²) in [5, 5.41) is 1.26. The summed E-state index contributed by atoms with van der Waals surface area (Å²) in [6.45, 7) is 2.02. The van der Waals surface area contributed by atoms with E-state index < -0.39 is 5.97 Å². The number of rotatable bonds is 2. The molecular weight excluding hydrogens is 230 g/mol.